The van der Waals surface area contributed by atoms with Crippen LogP contribution >= 0.6 is 0 Å². The highest BCUT2D eigenvalue weighted by Gasteiger charge is 2.32. The summed E-state index contributed by atoms with van der Waals surface area (Å²) in [5.41, 5.74) is 0. The normalized spacial score (nSPS) is 29.3. The Hall–Kier alpha value is 0.00987. The quantitative estimate of drug-likeness (QED) is 0.272. The van der Waals surface area contributed by atoms with E-state index in [1.54, 1.807) is 0 Å². The third-order valence-corrected chi connectivity index (χ3v) is 2.12. The largest absolute Gasteiger partial charge is 0.353 e. The van der Waals surface area contributed by atoms with Gasteiger partial charge < -0.3 is 10.2 Å². The van der Waals surface area contributed by atoms with Crippen LogP contribution in [0.2, 0.25) is 0 Å². The molecule has 1 saturated heterocycles. The van der Waals surface area contributed by atoms with Crippen molar-refractivity contribution in [3.8, 4) is 0 Å². The van der Waals surface area contributed by atoms with E-state index in [1.165, 1.54) is 0 Å². The second-order valence-electron chi connectivity index (χ2n) is 4.03. The zero-order valence-corrected chi connectivity index (χ0v) is 7.22. The molecule has 0 aliphatic carbocycles. The minimum Gasteiger partial charge on any atom is -0.353 e. The fourth-order valence-electron chi connectivity index (χ4n) is 1.61. The van der Waals surface area contributed by atoms with Crippen molar-refractivity contribution >= 4 is 15.7 Å². The highest BCUT2D eigenvalue weighted by molar-refractivity contribution is 6.40. The van der Waals surface area contributed by atoms with Crippen LogP contribution in [0.3, 0.4) is 0 Å². The van der Waals surface area contributed by atoms with Gasteiger partial charge in [-0.25, -0.2) is 0 Å². The van der Waals surface area contributed by atoms with E-state index in [-0.39, 0.29) is 5.34 Å². The Labute approximate surface area is 69.0 Å². The molecule has 1 aliphatic heterocycles. The van der Waals surface area contributed by atoms with E-state index < -0.39 is 5.91 Å². The second-order valence-corrected chi connectivity index (χ2v) is 4.03. The van der Waals surface area contributed by atoms with Crippen molar-refractivity contribution < 1.29 is 10.2 Å². The third-order valence-electron chi connectivity index (χ3n) is 2.12. The summed E-state index contributed by atoms with van der Waals surface area (Å²) in [5, 5.41) is 21.3. The molecule has 0 aromatic carbocycles. The SMILES string of the molecule is BC1(B)CCCCC(O)(O)N1. The van der Waals surface area contributed by atoms with Crippen molar-refractivity contribution in [3.05, 3.63) is 0 Å². The molecule has 0 unspecified atom stereocenters. The van der Waals surface area contributed by atoms with Crippen molar-refractivity contribution in [1.82, 2.24) is 5.32 Å². The van der Waals surface area contributed by atoms with Crippen molar-refractivity contribution in [1.29, 1.82) is 0 Å². The first kappa shape index (κ1) is 9.10. The number of aliphatic hydroxyl groups is 2. The average molecular weight is 155 g/mol. The topological polar surface area (TPSA) is 52.5 Å². The van der Waals surface area contributed by atoms with E-state index in [1.807, 2.05) is 15.7 Å². The first-order valence-electron chi connectivity index (χ1n) is 4.15. The summed E-state index contributed by atoms with van der Waals surface area (Å²) in [6.07, 6.45) is 3.36. The maximum absolute atomic E-state index is 9.33. The molecule has 0 bridgehead atoms. The number of hydrogen-bond donors (Lipinski definition) is 3. The lowest BCUT2D eigenvalue weighted by Crippen LogP contribution is -2.58. The molecule has 1 aliphatic rings. The lowest BCUT2D eigenvalue weighted by Gasteiger charge is -2.31. The fourth-order valence-corrected chi connectivity index (χ4v) is 1.61. The predicted octanol–water partition coefficient (Wildman–Crippen LogP) is -2.29. The molecule has 1 rings (SSSR count). The molecule has 1 fully saturated rings. The average Bonchev–Trinajstić information content (AvgIpc) is 1.86. The lowest BCUT2D eigenvalue weighted by molar-refractivity contribution is -0.191. The molecule has 0 aromatic rings. The van der Waals surface area contributed by atoms with Crippen molar-refractivity contribution in [3.63, 3.8) is 0 Å². The molecule has 0 saturated carbocycles. The van der Waals surface area contributed by atoms with Crippen LogP contribution in [0.5, 0.6) is 0 Å². The minimum atomic E-state index is -1.65. The standard InChI is InChI=1S/C6H15B2NO2/c7-5(8)3-1-2-4-6(10,11)9-5/h9-11H,1-4,7-8H2. The Bertz CT molecular complexity index is 134. The van der Waals surface area contributed by atoms with E-state index in [2.05, 4.69) is 5.32 Å². The zero-order chi connectivity index (χ0) is 8.54. The molecule has 5 heteroatoms. The molecule has 0 spiro atoms. The maximum atomic E-state index is 9.33. The van der Waals surface area contributed by atoms with Crippen LogP contribution < -0.4 is 5.32 Å². The van der Waals surface area contributed by atoms with Crippen LogP contribution in [0.25, 0.3) is 0 Å². The zero-order valence-electron chi connectivity index (χ0n) is 7.22. The van der Waals surface area contributed by atoms with Crippen molar-refractivity contribution in [2.45, 2.75) is 36.9 Å². The Morgan fingerprint density at radius 3 is 2.27 bits per heavy atom. The van der Waals surface area contributed by atoms with Gasteiger partial charge in [-0.05, 0) is 18.2 Å². The summed E-state index contributed by atoms with van der Waals surface area (Å²) in [5.74, 6) is -1.65. The Morgan fingerprint density at radius 2 is 1.64 bits per heavy atom. The van der Waals surface area contributed by atoms with Crippen molar-refractivity contribution in [2.24, 2.45) is 0 Å². The second kappa shape index (κ2) is 2.81. The van der Waals surface area contributed by atoms with Crippen LogP contribution in [0.1, 0.15) is 25.7 Å². The molecular formula is C6H15B2NO2. The lowest BCUT2D eigenvalue weighted by atomic mass is 9.60. The summed E-state index contributed by atoms with van der Waals surface area (Å²) in [4.78, 5) is 0. The fraction of sp³-hybridized carbons (Fsp3) is 1.00. The van der Waals surface area contributed by atoms with Gasteiger partial charge in [0.05, 0.1) is 0 Å². The van der Waals surface area contributed by atoms with Gasteiger partial charge in [0.25, 0.3) is 0 Å². The van der Waals surface area contributed by atoms with Gasteiger partial charge in [-0.1, -0.05) is 6.42 Å². The first-order chi connectivity index (χ1) is 4.91. The first-order valence-corrected chi connectivity index (χ1v) is 4.15. The monoisotopic (exact) mass is 155 g/mol. The molecule has 0 radical (unpaired) electrons. The van der Waals surface area contributed by atoms with Gasteiger partial charge in [0.15, 0.2) is 0 Å². The molecule has 0 aromatic heterocycles. The summed E-state index contributed by atoms with van der Waals surface area (Å²) in [7, 11) is 3.97. The Kier molecular flexibility index (Phi) is 2.32. The maximum Gasteiger partial charge on any atom is 0.221 e. The Balaban J connectivity index is 2.62. The van der Waals surface area contributed by atoms with Crippen LogP contribution in [-0.4, -0.2) is 37.2 Å². The third kappa shape index (κ3) is 2.85. The van der Waals surface area contributed by atoms with Gasteiger partial charge >= 0.3 is 0 Å². The summed E-state index contributed by atoms with van der Waals surface area (Å²) < 4.78 is 0. The highest BCUT2D eigenvalue weighted by Crippen LogP contribution is 2.20. The Morgan fingerprint density at radius 1 is 1.09 bits per heavy atom. The number of rotatable bonds is 0. The van der Waals surface area contributed by atoms with E-state index >= 15 is 0 Å². The number of nitrogens with one attached hydrogen (secondary N) is 1. The number of hydrogen-bond acceptors (Lipinski definition) is 3. The van der Waals surface area contributed by atoms with Gasteiger partial charge in [0, 0.05) is 6.42 Å². The summed E-state index contributed by atoms with van der Waals surface area (Å²) in [6, 6.07) is 0. The van der Waals surface area contributed by atoms with Crippen LogP contribution in [0, 0.1) is 0 Å². The molecular weight excluding hydrogens is 140 g/mol. The van der Waals surface area contributed by atoms with E-state index in [9.17, 15) is 10.2 Å². The molecule has 11 heavy (non-hydrogen) atoms. The molecule has 3 nitrogen and oxygen atoms in total. The molecule has 1 heterocycles. The van der Waals surface area contributed by atoms with Crippen LogP contribution in [-0.2, 0) is 0 Å². The van der Waals surface area contributed by atoms with Crippen LogP contribution in [0.4, 0.5) is 0 Å². The minimum absolute atomic E-state index is 0.153. The van der Waals surface area contributed by atoms with E-state index in [0.717, 1.165) is 19.3 Å². The smallest absolute Gasteiger partial charge is 0.221 e. The van der Waals surface area contributed by atoms with Crippen molar-refractivity contribution in [2.75, 3.05) is 0 Å². The molecule has 62 valence electrons. The van der Waals surface area contributed by atoms with Crippen LogP contribution in [0.15, 0.2) is 0 Å². The van der Waals surface area contributed by atoms with Gasteiger partial charge in [0.2, 0.25) is 5.91 Å². The highest BCUT2D eigenvalue weighted by atomic mass is 16.5. The van der Waals surface area contributed by atoms with Gasteiger partial charge in [-0.15, -0.1) is 0 Å². The predicted molar refractivity (Wildman–Crippen MR) is 48.6 cm³/mol. The van der Waals surface area contributed by atoms with E-state index in [4.69, 9.17) is 0 Å². The van der Waals surface area contributed by atoms with Gasteiger partial charge in [-0.3, -0.25) is 5.32 Å². The molecule has 3 N–H and O–H groups in total. The summed E-state index contributed by atoms with van der Waals surface area (Å²) in [6.45, 7) is 0. The summed E-state index contributed by atoms with van der Waals surface area (Å²) >= 11 is 0. The van der Waals surface area contributed by atoms with Gasteiger partial charge in [0.1, 0.15) is 15.7 Å². The molecule has 0 amide bonds. The van der Waals surface area contributed by atoms with E-state index in [0.29, 0.717) is 6.42 Å². The molecule has 0 atom stereocenters. The van der Waals surface area contributed by atoms with Gasteiger partial charge in [-0.2, -0.15) is 0 Å².